The zero-order valence-corrected chi connectivity index (χ0v) is 9.25. The van der Waals surface area contributed by atoms with Crippen molar-refractivity contribution in [3.05, 3.63) is 35.0 Å². The molecule has 0 saturated carbocycles. The Labute approximate surface area is 93.7 Å². The molecule has 0 aliphatic heterocycles. The van der Waals surface area contributed by atoms with Gasteiger partial charge in [0.25, 0.3) is 0 Å². The third kappa shape index (κ3) is 1.60. The van der Waals surface area contributed by atoms with Crippen molar-refractivity contribution in [1.82, 2.24) is 4.57 Å². The van der Waals surface area contributed by atoms with Gasteiger partial charge in [0.15, 0.2) is 0 Å². The second-order valence-electron chi connectivity index (χ2n) is 3.48. The van der Waals surface area contributed by atoms with E-state index in [4.69, 9.17) is 16.9 Å². The molecule has 0 bridgehead atoms. The molecule has 0 radical (unpaired) electrons. The van der Waals surface area contributed by atoms with Crippen molar-refractivity contribution in [3.63, 3.8) is 0 Å². The Hall–Kier alpha value is -1.46. The summed E-state index contributed by atoms with van der Waals surface area (Å²) in [5.41, 5.74) is 1.64. The van der Waals surface area contributed by atoms with Crippen LogP contribution in [0.1, 0.15) is 18.9 Å². The summed E-state index contributed by atoms with van der Waals surface area (Å²) in [7, 11) is 0. The second kappa shape index (κ2) is 3.96. The van der Waals surface area contributed by atoms with Crippen LogP contribution >= 0.6 is 11.6 Å². The number of hydrogen-bond donors (Lipinski definition) is 0. The zero-order chi connectivity index (χ0) is 10.8. The SMILES string of the molecule is CCCn1ccc2c(Cl)c(C#N)ccc21. The number of aromatic nitrogens is 1. The fourth-order valence-electron chi connectivity index (χ4n) is 1.76. The van der Waals surface area contributed by atoms with E-state index in [2.05, 4.69) is 17.6 Å². The van der Waals surface area contributed by atoms with Crippen LogP contribution in [0.5, 0.6) is 0 Å². The van der Waals surface area contributed by atoms with Gasteiger partial charge in [0, 0.05) is 23.6 Å². The molecule has 15 heavy (non-hydrogen) atoms. The van der Waals surface area contributed by atoms with Crippen molar-refractivity contribution in [2.45, 2.75) is 19.9 Å². The van der Waals surface area contributed by atoms with Crippen LogP contribution < -0.4 is 0 Å². The third-order valence-electron chi connectivity index (χ3n) is 2.47. The molecule has 0 unspecified atom stereocenters. The highest BCUT2D eigenvalue weighted by atomic mass is 35.5. The number of hydrogen-bond acceptors (Lipinski definition) is 1. The first kappa shape index (κ1) is 10.1. The van der Waals surface area contributed by atoms with Gasteiger partial charge in [0.05, 0.1) is 10.6 Å². The average Bonchev–Trinajstić information content (AvgIpc) is 2.64. The van der Waals surface area contributed by atoms with Crippen LogP contribution in [0, 0.1) is 11.3 Å². The summed E-state index contributed by atoms with van der Waals surface area (Å²) >= 11 is 6.12. The fourth-order valence-corrected chi connectivity index (χ4v) is 2.02. The number of benzene rings is 1. The Morgan fingerprint density at radius 1 is 1.40 bits per heavy atom. The Morgan fingerprint density at radius 3 is 2.87 bits per heavy atom. The Bertz CT molecular complexity index is 534. The van der Waals surface area contributed by atoms with E-state index in [9.17, 15) is 0 Å². The largest absolute Gasteiger partial charge is 0.347 e. The van der Waals surface area contributed by atoms with E-state index < -0.39 is 0 Å². The van der Waals surface area contributed by atoms with Gasteiger partial charge in [-0.2, -0.15) is 5.26 Å². The molecule has 1 heterocycles. The first-order valence-electron chi connectivity index (χ1n) is 4.95. The number of nitrogens with zero attached hydrogens (tertiary/aromatic N) is 2. The average molecular weight is 219 g/mol. The lowest BCUT2D eigenvalue weighted by atomic mass is 10.2. The predicted molar refractivity (Wildman–Crippen MR) is 62.0 cm³/mol. The maximum atomic E-state index is 8.85. The van der Waals surface area contributed by atoms with Gasteiger partial charge in [0.1, 0.15) is 6.07 Å². The molecule has 76 valence electrons. The summed E-state index contributed by atoms with van der Waals surface area (Å²) in [5, 5.41) is 10.4. The van der Waals surface area contributed by atoms with E-state index >= 15 is 0 Å². The number of nitriles is 1. The molecular formula is C12H11ClN2. The first-order chi connectivity index (χ1) is 7.27. The van der Waals surface area contributed by atoms with Crippen LogP contribution in [0.2, 0.25) is 5.02 Å². The molecule has 3 heteroatoms. The van der Waals surface area contributed by atoms with Crippen LogP contribution in [-0.2, 0) is 6.54 Å². The predicted octanol–water partition coefficient (Wildman–Crippen LogP) is 3.58. The minimum absolute atomic E-state index is 0.540. The molecule has 0 N–H and O–H groups in total. The van der Waals surface area contributed by atoms with Gasteiger partial charge in [-0.05, 0) is 24.6 Å². The summed E-state index contributed by atoms with van der Waals surface area (Å²) in [6.07, 6.45) is 3.10. The lowest BCUT2D eigenvalue weighted by Crippen LogP contribution is -1.93. The van der Waals surface area contributed by atoms with Crippen LogP contribution in [0.4, 0.5) is 0 Å². The summed E-state index contributed by atoms with van der Waals surface area (Å²) in [6.45, 7) is 3.11. The van der Waals surface area contributed by atoms with Gasteiger partial charge in [-0.25, -0.2) is 0 Å². The monoisotopic (exact) mass is 218 g/mol. The topological polar surface area (TPSA) is 28.7 Å². The van der Waals surface area contributed by atoms with Gasteiger partial charge < -0.3 is 4.57 Å². The molecular weight excluding hydrogens is 208 g/mol. The highest BCUT2D eigenvalue weighted by molar-refractivity contribution is 6.36. The van der Waals surface area contributed by atoms with Crippen molar-refractivity contribution < 1.29 is 0 Å². The minimum atomic E-state index is 0.540. The molecule has 0 atom stereocenters. The van der Waals surface area contributed by atoms with Gasteiger partial charge in [-0.15, -0.1) is 0 Å². The number of rotatable bonds is 2. The van der Waals surface area contributed by atoms with Crippen molar-refractivity contribution in [2.24, 2.45) is 0 Å². The fraction of sp³-hybridized carbons (Fsp3) is 0.250. The summed E-state index contributed by atoms with van der Waals surface area (Å²) in [4.78, 5) is 0. The molecule has 0 saturated heterocycles. The van der Waals surface area contributed by atoms with Crippen LogP contribution in [0.15, 0.2) is 24.4 Å². The number of halogens is 1. The first-order valence-corrected chi connectivity index (χ1v) is 5.33. The van der Waals surface area contributed by atoms with E-state index in [0.717, 1.165) is 23.9 Å². The van der Waals surface area contributed by atoms with E-state index in [-0.39, 0.29) is 0 Å². The molecule has 1 aromatic heterocycles. The lowest BCUT2D eigenvalue weighted by molar-refractivity contribution is 0.703. The minimum Gasteiger partial charge on any atom is -0.347 e. The normalized spacial score (nSPS) is 10.5. The smallest absolute Gasteiger partial charge is 0.101 e. The van der Waals surface area contributed by atoms with Crippen LogP contribution in [0.3, 0.4) is 0 Å². The molecule has 0 aliphatic rings. The number of aryl methyl sites for hydroxylation is 1. The Balaban J connectivity index is 2.66. The summed E-state index contributed by atoms with van der Waals surface area (Å²) in [6, 6.07) is 7.78. The lowest BCUT2D eigenvalue weighted by Gasteiger charge is -2.03. The molecule has 2 nitrogen and oxygen atoms in total. The van der Waals surface area contributed by atoms with Crippen molar-refractivity contribution in [1.29, 1.82) is 5.26 Å². The van der Waals surface area contributed by atoms with E-state index in [1.807, 2.05) is 18.3 Å². The summed E-state index contributed by atoms with van der Waals surface area (Å²) < 4.78 is 2.16. The van der Waals surface area contributed by atoms with Gasteiger partial charge in [0.2, 0.25) is 0 Å². The van der Waals surface area contributed by atoms with Crippen molar-refractivity contribution in [3.8, 4) is 6.07 Å². The molecule has 0 spiro atoms. The zero-order valence-electron chi connectivity index (χ0n) is 8.50. The molecule has 0 fully saturated rings. The van der Waals surface area contributed by atoms with Crippen LogP contribution in [0.25, 0.3) is 10.9 Å². The molecule has 0 amide bonds. The van der Waals surface area contributed by atoms with E-state index in [1.54, 1.807) is 6.07 Å². The highest BCUT2D eigenvalue weighted by Crippen LogP contribution is 2.27. The van der Waals surface area contributed by atoms with Gasteiger partial charge in [-0.1, -0.05) is 18.5 Å². The Morgan fingerprint density at radius 2 is 2.20 bits per heavy atom. The van der Waals surface area contributed by atoms with Crippen molar-refractivity contribution >= 4 is 22.5 Å². The van der Waals surface area contributed by atoms with E-state index in [0.29, 0.717) is 10.6 Å². The second-order valence-corrected chi connectivity index (χ2v) is 3.86. The quantitative estimate of drug-likeness (QED) is 0.758. The number of fused-ring (bicyclic) bond motifs is 1. The molecule has 2 rings (SSSR count). The molecule has 0 aliphatic carbocycles. The maximum absolute atomic E-state index is 8.85. The third-order valence-corrected chi connectivity index (χ3v) is 2.88. The highest BCUT2D eigenvalue weighted by Gasteiger charge is 2.07. The van der Waals surface area contributed by atoms with Crippen LogP contribution in [-0.4, -0.2) is 4.57 Å². The maximum Gasteiger partial charge on any atom is 0.101 e. The van der Waals surface area contributed by atoms with Gasteiger partial charge in [-0.3, -0.25) is 0 Å². The summed E-state index contributed by atoms with van der Waals surface area (Å²) in [5.74, 6) is 0. The van der Waals surface area contributed by atoms with Crippen molar-refractivity contribution in [2.75, 3.05) is 0 Å². The standard InChI is InChI=1S/C12H11ClN2/c1-2-6-15-7-5-10-11(15)4-3-9(8-14)12(10)13/h3-5,7H,2,6H2,1H3. The molecule has 2 aromatic rings. The van der Waals surface area contributed by atoms with Gasteiger partial charge >= 0.3 is 0 Å². The Kier molecular flexibility index (Phi) is 2.66. The molecule has 1 aromatic carbocycles. The van der Waals surface area contributed by atoms with E-state index in [1.165, 1.54) is 0 Å².